The van der Waals surface area contributed by atoms with Gasteiger partial charge in [-0.15, -0.1) is 10.2 Å². The van der Waals surface area contributed by atoms with E-state index in [1.807, 2.05) is 77.5 Å². The van der Waals surface area contributed by atoms with E-state index in [0.717, 1.165) is 16.8 Å². The SMILES string of the molecule is CC(C)(C)CC(=O)N(I)c1ccc(-c2nnc(-c3ccccc3)o2)cc1. The number of anilines is 1. The summed E-state index contributed by atoms with van der Waals surface area (Å²) in [6.07, 6.45) is 0.488. The van der Waals surface area contributed by atoms with E-state index < -0.39 is 0 Å². The highest BCUT2D eigenvalue weighted by atomic mass is 127. The van der Waals surface area contributed by atoms with Gasteiger partial charge in [-0.2, -0.15) is 0 Å². The minimum Gasteiger partial charge on any atom is -0.416 e. The molecule has 0 aliphatic heterocycles. The van der Waals surface area contributed by atoms with Crippen molar-refractivity contribution < 1.29 is 9.21 Å². The van der Waals surface area contributed by atoms with Crippen molar-refractivity contribution in [2.24, 2.45) is 5.41 Å². The molecule has 0 aliphatic carbocycles. The van der Waals surface area contributed by atoms with Crippen LogP contribution in [0.4, 0.5) is 5.69 Å². The van der Waals surface area contributed by atoms with Crippen LogP contribution in [0.5, 0.6) is 0 Å². The highest BCUT2D eigenvalue weighted by molar-refractivity contribution is 14.1. The third-order valence-electron chi connectivity index (χ3n) is 3.69. The molecule has 0 aliphatic rings. The quantitative estimate of drug-likeness (QED) is 0.379. The average Bonchev–Trinajstić information content (AvgIpc) is 3.11. The molecule has 1 heterocycles. The Bertz CT molecular complexity index is 883. The maximum absolute atomic E-state index is 12.4. The summed E-state index contributed by atoms with van der Waals surface area (Å²) in [4.78, 5) is 12.4. The first-order chi connectivity index (χ1) is 12.3. The summed E-state index contributed by atoms with van der Waals surface area (Å²) in [7, 11) is 0. The van der Waals surface area contributed by atoms with Crippen molar-refractivity contribution in [2.75, 3.05) is 3.11 Å². The zero-order valence-electron chi connectivity index (χ0n) is 14.9. The van der Waals surface area contributed by atoms with E-state index in [4.69, 9.17) is 4.42 Å². The predicted octanol–water partition coefficient (Wildman–Crippen LogP) is 5.52. The summed E-state index contributed by atoms with van der Waals surface area (Å²) in [5.74, 6) is 1.02. The normalized spacial score (nSPS) is 11.4. The van der Waals surface area contributed by atoms with Crippen molar-refractivity contribution in [1.29, 1.82) is 0 Å². The number of hydrogen-bond donors (Lipinski definition) is 0. The maximum atomic E-state index is 12.4. The second kappa shape index (κ2) is 7.57. The Labute approximate surface area is 166 Å². The molecule has 0 saturated heterocycles. The highest BCUT2D eigenvalue weighted by Gasteiger charge is 2.21. The summed E-state index contributed by atoms with van der Waals surface area (Å²) in [5, 5.41) is 8.23. The lowest BCUT2D eigenvalue weighted by Crippen LogP contribution is -2.25. The van der Waals surface area contributed by atoms with Gasteiger partial charge in [0.15, 0.2) is 0 Å². The first kappa shape index (κ1) is 18.6. The topological polar surface area (TPSA) is 59.2 Å². The monoisotopic (exact) mass is 461 g/mol. The second-order valence-electron chi connectivity index (χ2n) is 7.24. The lowest BCUT2D eigenvalue weighted by Gasteiger charge is -2.21. The highest BCUT2D eigenvalue weighted by Crippen LogP contribution is 2.29. The third kappa shape index (κ3) is 4.49. The number of rotatable bonds is 4. The van der Waals surface area contributed by atoms with Gasteiger partial charge in [0.05, 0.1) is 28.6 Å². The summed E-state index contributed by atoms with van der Waals surface area (Å²) in [5.41, 5.74) is 2.48. The van der Waals surface area contributed by atoms with Crippen LogP contribution in [0, 0.1) is 5.41 Å². The molecule has 1 aromatic heterocycles. The lowest BCUT2D eigenvalue weighted by molar-refractivity contribution is -0.118. The molecule has 2 aromatic carbocycles. The number of amides is 1. The molecule has 0 bridgehead atoms. The van der Waals surface area contributed by atoms with Crippen molar-refractivity contribution in [3.63, 3.8) is 0 Å². The number of hydrogen-bond acceptors (Lipinski definition) is 4. The summed E-state index contributed by atoms with van der Waals surface area (Å²) < 4.78 is 7.41. The van der Waals surface area contributed by atoms with Gasteiger partial charge in [-0.25, -0.2) is 0 Å². The van der Waals surface area contributed by atoms with E-state index in [0.29, 0.717) is 18.2 Å². The van der Waals surface area contributed by atoms with Crippen LogP contribution in [0.3, 0.4) is 0 Å². The van der Waals surface area contributed by atoms with Crippen LogP contribution in [0.25, 0.3) is 22.9 Å². The maximum Gasteiger partial charge on any atom is 0.248 e. The van der Waals surface area contributed by atoms with Gasteiger partial charge < -0.3 is 4.42 Å². The van der Waals surface area contributed by atoms with Crippen molar-refractivity contribution >= 4 is 34.5 Å². The zero-order valence-corrected chi connectivity index (χ0v) is 17.1. The van der Waals surface area contributed by atoms with Crippen LogP contribution in [0.15, 0.2) is 59.0 Å². The van der Waals surface area contributed by atoms with Crippen LogP contribution in [-0.4, -0.2) is 16.1 Å². The standard InChI is InChI=1S/C20H20IN3O2/c1-20(2,3)13-17(25)24(21)16-11-9-15(10-12-16)19-23-22-18(26-19)14-7-5-4-6-8-14/h4-12H,13H2,1-3H3. The average molecular weight is 461 g/mol. The van der Waals surface area contributed by atoms with Gasteiger partial charge in [0.25, 0.3) is 0 Å². The molecule has 0 spiro atoms. The Balaban J connectivity index is 1.76. The van der Waals surface area contributed by atoms with E-state index in [1.165, 1.54) is 0 Å². The molecule has 3 aromatic rings. The Kier molecular flexibility index (Phi) is 5.41. The van der Waals surface area contributed by atoms with E-state index >= 15 is 0 Å². The minimum absolute atomic E-state index is 0.0436. The van der Waals surface area contributed by atoms with Gasteiger partial charge >= 0.3 is 0 Å². The molecule has 1 amide bonds. The number of nitrogens with zero attached hydrogens (tertiary/aromatic N) is 3. The molecule has 26 heavy (non-hydrogen) atoms. The van der Waals surface area contributed by atoms with Crippen LogP contribution in [0.1, 0.15) is 27.2 Å². The van der Waals surface area contributed by atoms with E-state index in [1.54, 1.807) is 3.11 Å². The van der Waals surface area contributed by atoms with Gasteiger partial charge in [0, 0.05) is 17.5 Å². The predicted molar refractivity (Wildman–Crippen MR) is 111 cm³/mol. The molecular formula is C20H20IN3O2. The molecule has 5 nitrogen and oxygen atoms in total. The van der Waals surface area contributed by atoms with Gasteiger partial charge in [-0.1, -0.05) is 39.0 Å². The number of carbonyl (C=O) groups is 1. The van der Waals surface area contributed by atoms with Gasteiger partial charge in [-0.05, 0) is 41.8 Å². The first-order valence-electron chi connectivity index (χ1n) is 8.31. The van der Waals surface area contributed by atoms with Crippen molar-refractivity contribution in [1.82, 2.24) is 10.2 Å². The molecular weight excluding hydrogens is 441 g/mol. The Morgan fingerprint density at radius 3 is 2.04 bits per heavy atom. The molecule has 0 radical (unpaired) electrons. The van der Waals surface area contributed by atoms with Crippen LogP contribution in [0.2, 0.25) is 0 Å². The fraction of sp³-hybridized carbons (Fsp3) is 0.250. The number of carbonyl (C=O) groups excluding carboxylic acids is 1. The molecule has 0 atom stereocenters. The minimum atomic E-state index is -0.0436. The molecule has 134 valence electrons. The summed E-state index contributed by atoms with van der Waals surface area (Å²) >= 11 is 2.04. The van der Waals surface area contributed by atoms with Crippen molar-refractivity contribution in [2.45, 2.75) is 27.2 Å². The summed E-state index contributed by atoms with van der Waals surface area (Å²) in [6, 6.07) is 17.2. The van der Waals surface area contributed by atoms with Gasteiger partial charge in [-0.3, -0.25) is 7.91 Å². The molecule has 3 rings (SSSR count). The number of benzene rings is 2. The van der Waals surface area contributed by atoms with Crippen LogP contribution >= 0.6 is 22.9 Å². The molecule has 0 unspecified atom stereocenters. The molecule has 0 N–H and O–H groups in total. The summed E-state index contributed by atoms with van der Waals surface area (Å²) in [6.45, 7) is 6.16. The largest absolute Gasteiger partial charge is 0.416 e. The van der Waals surface area contributed by atoms with E-state index in [9.17, 15) is 4.79 Å². The zero-order chi connectivity index (χ0) is 18.7. The van der Waals surface area contributed by atoms with Gasteiger partial charge in [0.2, 0.25) is 17.7 Å². The fourth-order valence-electron chi connectivity index (χ4n) is 2.44. The third-order valence-corrected chi connectivity index (χ3v) is 4.78. The van der Waals surface area contributed by atoms with E-state index in [-0.39, 0.29) is 11.3 Å². The first-order valence-corrected chi connectivity index (χ1v) is 9.28. The van der Waals surface area contributed by atoms with Crippen molar-refractivity contribution in [3.8, 4) is 22.9 Å². The Morgan fingerprint density at radius 1 is 0.962 bits per heavy atom. The smallest absolute Gasteiger partial charge is 0.248 e. The van der Waals surface area contributed by atoms with Crippen molar-refractivity contribution in [3.05, 3.63) is 54.6 Å². The molecule has 0 saturated carbocycles. The van der Waals surface area contributed by atoms with Crippen LogP contribution in [-0.2, 0) is 4.79 Å². The Hall–Kier alpha value is -2.22. The number of aromatic nitrogens is 2. The van der Waals surface area contributed by atoms with Gasteiger partial charge in [0.1, 0.15) is 0 Å². The second-order valence-corrected chi connectivity index (χ2v) is 8.20. The number of halogens is 1. The fourth-order valence-corrected chi connectivity index (χ4v) is 2.93. The Morgan fingerprint density at radius 2 is 1.50 bits per heavy atom. The van der Waals surface area contributed by atoms with E-state index in [2.05, 4.69) is 31.0 Å². The van der Waals surface area contributed by atoms with Crippen LogP contribution < -0.4 is 3.11 Å². The molecule has 6 heteroatoms. The lowest BCUT2D eigenvalue weighted by atomic mass is 9.92. The molecule has 0 fully saturated rings.